The van der Waals surface area contributed by atoms with Gasteiger partial charge in [0, 0.05) is 23.3 Å². The number of anilines is 2. The van der Waals surface area contributed by atoms with E-state index in [2.05, 4.69) is 26.7 Å². The molecule has 0 saturated heterocycles. The molecule has 7 heteroatoms. The molecule has 3 rings (SSSR count). The van der Waals surface area contributed by atoms with Gasteiger partial charge in [0.2, 0.25) is 0 Å². The summed E-state index contributed by atoms with van der Waals surface area (Å²) in [6, 6.07) is 17.9. The lowest BCUT2D eigenvalue weighted by atomic mass is 10.2. The normalized spacial score (nSPS) is 10.0. The highest BCUT2D eigenvalue weighted by Crippen LogP contribution is 2.17. The van der Waals surface area contributed by atoms with Gasteiger partial charge in [0.25, 0.3) is 5.91 Å². The van der Waals surface area contributed by atoms with Gasteiger partial charge in [0.1, 0.15) is 17.8 Å². The maximum atomic E-state index is 12.3. The van der Waals surface area contributed by atoms with Crippen LogP contribution in [0.3, 0.4) is 0 Å². The van der Waals surface area contributed by atoms with E-state index in [0.29, 0.717) is 28.6 Å². The van der Waals surface area contributed by atoms with Crippen LogP contribution in [0.25, 0.3) is 0 Å². The Bertz CT molecular complexity index is 983. The number of carbonyl (C=O) groups excluding carboxylic acids is 1. The van der Waals surface area contributed by atoms with Crippen LogP contribution in [-0.4, -0.2) is 15.9 Å². The third-order valence-electron chi connectivity index (χ3n) is 3.56. The van der Waals surface area contributed by atoms with E-state index in [-0.39, 0.29) is 11.6 Å². The summed E-state index contributed by atoms with van der Waals surface area (Å²) >= 11 is 6.08. The van der Waals surface area contributed by atoms with Gasteiger partial charge < -0.3 is 10.6 Å². The summed E-state index contributed by atoms with van der Waals surface area (Å²) in [5.74, 6) is 0.124. The van der Waals surface area contributed by atoms with Gasteiger partial charge in [-0.25, -0.2) is 9.97 Å². The van der Waals surface area contributed by atoms with Crippen LogP contribution in [0.1, 0.15) is 21.6 Å². The Morgan fingerprint density at radius 3 is 2.77 bits per heavy atom. The summed E-state index contributed by atoms with van der Waals surface area (Å²) in [7, 11) is 0. The molecule has 0 radical (unpaired) electrons. The van der Waals surface area contributed by atoms with Crippen molar-refractivity contribution in [3.05, 3.63) is 82.8 Å². The Labute approximate surface area is 155 Å². The van der Waals surface area contributed by atoms with Crippen molar-refractivity contribution in [2.75, 3.05) is 5.32 Å². The van der Waals surface area contributed by atoms with Gasteiger partial charge >= 0.3 is 0 Å². The number of hydrogen-bond acceptors (Lipinski definition) is 5. The maximum Gasteiger partial charge on any atom is 0.270 e. The number of aromatic nitrogens is 2. The lowest BCUT2D eigenvalue weighted by Crippen LogP contribution is -2.24. The first-order valence-corrected chi connectivity index (χ1v) is 8.14. The van der Waals surface area contributed by atoms with Crippen LogP contribution >= 0.6 is 11.6 Å². The van der Waals surface area contributed by atoms with Crippen LogP contribution in [0.15, 0.2) is 60.9 Å². The number of benzene rings is 2. The van der Waals surface area contributed by atoms with E-state index in [0.717, 1.165) is 5.56 Å². The van der Waals surface area contributed by atoms with Crippen molar-refractivity contribution in [2.45, 2.75) is 6.54 Å². The minimum atomic E-state index is -0.332. The lowest BCUT2D eigenvalue weighted by Gasteiger charge is -2.08. The largest absolute Gasteiger partial charge is 0.347 e. The molecule has 0 spiro atoms. The van der Waals surface area contributed by atoms with E-state index in [1.54, 1.807) is 36.4 Å². The third-order valence-corrected chi connectivity index (χ3v) is 3.93. The summed E-state index contributed by atoms with van der Waals surface area (Å²) in [6.45, 7) is 0.301. The fourth-order valence-electron chi connectivity index (χ4n) is 2.27. The second kappa shape index (κ2) is 8.10. The predicted octanol–water partition coefficient (Wildman–Crippen LogP) is 3.68. The minimum Gasteiger partial charge on any atom is -0.347 e. The minimum absolute atomic E-state index is 0.228. The van der Waals surface area contributed by atoms with Crippen LogP contribution < -0.4 is 10.6 Å². The molecule has 3 aromatic rings. The summed E-state index contributed by atoms with van der Waals surface area (Å²) in [4.78, 5) is 20.4. The van der Waals surface area contributed by atoms with Crippen molar-refractivity contribution >= 4 is 29.0 Å². The smallest absolute Gasteiger partial charge is 0.270 e. The van der Waals surface area contributed by atoms with E-state index in [1.165, 1.54) is 6.33 Å². The van der Waals surface area contributed by atoms with Crippen LogP contribution in [0, 0.1) is 11.3 Å². The summed E-state index contributed by atoms with van der Waals surface area (Å²) in [6.07, 6.45) is 1.31. The number of hydrogen-bond donors (Lipinski definition) is 2. The first kappa shape index (κ1) is 17.4. The molecular weight excluding hydrogens is 350 g/mol. The van der Waals surface area contributed by atoms with Crippen molar-refractivity contribution in [1.29, 1.82) is 5.26 Å². The number of amides is 1. The zero-order valence-corrected chi connectivity index (χ0v) is 14.4. The molecule has 26 heavy (non-hydrogen) atoms. The Morgan fingerprint density at radius 2 is 1.96 bits per heavy atom. The van der Waals surface area contributed by atoms with Crippen LogP contribution in [0.4, 0.5) is 11.5 Å². The van der Waals surface area contributed by atoms with Crippen molar-refractivity contribution in [1.82, 2.24) is 15.3 Å². The van der Waals surface area contributed by atoms with E-state index in [1.807, 2.05) is 18.2 Å². The average molecular weight is 364 g/mol. The number of nitrogens with zero attached hydrogens (tertiary/aromatic N) is 3. The first-order valence-electron chi connectivity index (χ1n) is 7.76. The second-order valence-electron chi connectivity index (χ2n) is 5.38. The molecule has 1 heterocycles. The van der Waals surface area contributed by atoms with E-state index < -0.39 is 0 Å². The van der Waals surface area contributed by atoms with Crippen LogP contribution in [-0.2, 0) is 6.54 Å². The molecule has 0 bridgehead atoms. The molecule has 0 aliphatic carbocycles. The monoisotopic (exact) mass is 363 g/mol. The number of halogens is 1. The Kier molecular flexibility index (Phi) is 5.42. The summed E-state index contributed by atoms with van der Waals surface area (Å²) in [5, 5.41) is 15.4. The number of nitrogens with one attached hydrogen (secondary N) is 2. The first-order chi connectivity index (χ1) is 12.7. The van der Waals surface area contributed by atoms with Crippen molar-refractivity contribution in [3.8, 4) is 6.07 Å². The van der Waals surface area contributed by atoms with E-state index in [4.69, 9.17) is 16.9 Å². The maximum absolute atomic E-state index is 12.3. The molecule has 0 fully saturated rings. The van der Waals surface area contributed by atoms with Crippen LogP contribution in [0.5, 0.6) is 0 Å². The van der Waals surface area contributed by atoms with Crippen molar-refractivity contribution < 1.29 is 4.79 Å². The molecule has 1 amide bonds. The molecule has 2 aromatic carbocycles. The molecule has 0 unspecified atom stereocenters. The van der Waals surface area contributed by atoms with Gasteiger partial charge in [-0.15, -0.1) is 0 Å². The standard InChI is InChI=1S/C19H14ClN5O/c20-16-7-2-1-5-14(16)11-22-19(26)17-9-18(24-12-23-17)25-15-6-3-4-13(8-15)10-21/h1-9,12H,11H2,(H,22,26)(H,23,24,25). The van der Waals surface area contributed by atoms with Crippen molar-refractivity contribution in [2.24, 2.45) is 0 Å². The SMILES string of the molecule is N#Cc1cccc(Nc2cc(C(=O)NCc3ccccc3Cl)ncn2)c1. The number of carbonyl (C=O) groups is 1. The fraction of sp³-hybridized carbons (Fsp3) is 0.0526. The van der Waals surface area contributed by atoms with Crippen molar-refractivity contribution in [3.63, 3.8) is 0 Å². The summed E-state index contributed by atoms with van der Waals surface area (Å²) in [5.41, 5.74) is 2.28. The molecular formula is C19H14ClN5O. The molecule has 0 aliphatic rings. The molecule has 128 valence electrons. The van der Waals surface area contributed by atoms with Gasteiger partial charge in [0.15, 0.2) is 0 Å². The van der Waals surface area contributed by atoms with Gasteiger partial charge in [-0.05, 0) is 29.8 Å². The zero-order valence-electron chi connectivity index (χ0n) is 13.6. The molecule has 6 nitrogen and oxygen atoms in total. The average Bonchev–Trinajstić information content (AvgIpc) is 2.67. The third kappa shape index (κ3) is 4.35. The molecule has 0 aliphatic heterocycles. The Balaban J connectivity index is 1.69. The lowest BCUT2D eigenvalue weighted by molar-refractivity contribution is 0.0946. The van der Waals surface area contributed by atoms with Gasteiger partial charge in [-0.3, -0.25) is 4.79 Å². The highest BCUT2D eigenvalue weighted by Gasteiger charge is 2.10. The van der Waals surface area contributed by atoms with Gasteiger partial charge in [0.05, 0.1) is 11.6 Å². The predicted molar refractivity (Wildman–Crippen MR) is 99.1 cm³/mol. The number of rotatable bonds is 5. The van der Waals surface area contributed by atoms with E-state index in [9.17, 15) is 4.79 Å². The second-order valence-corrected chi connectivity index (χ2v) is 5.79. The Morgan fingerprint density at radius 1 is 1.12 bits per heavy atom. The highest BCUT2D eigenvalue weighted by atomic mass is 35.5. The fourth-order valence-corrected chi connectivity index (χ4v) is 2.47. The number of nitriles is 1. The molecule has 0 saturated carbocycles. The Hall–Kier alpha value is -3.43. The topological polar surface area (TPSA) is 90.7 Å². The van der Waals surface area contributed by atoms with E-state index >= 15 is 0 Å². The zero-order chi connectivity index (χ0) is 18.4. The highest BCUT2D eigenvalue weighted by molar-refractivity contribution is 6.31. The molecule has 1 aromatic heterocycles. The molecule has 2 N–H and O–H groups in total. The van der Waals surface area contributed by atoms with Gasteiger partial charge in [-0.2, -0.15) is 5.26 Å². The van der Waals surface area contributed by atoms with Crippen LogP contribution in [0.2, 0.25) is 5.02 Å². The quantitative estimate of drug-likeness (QED) is 0.721. The molecule has 0 atom stereocenters. The van der Waals surface area contributed by atoms with Gasteiger partial charge in [-0.1, -0.05) is 35.9 Å². The summed E-state index contributed by atoms with van der Waals surface area (Å²) < 4.78 is 0.